The Kier molecular flexibility index (Phi) is 6.84. The lowest BCUT2D eigenvalue weighted by atomic mass is 9.91. The molecule has 2 aromatic rings. The zero-order chi connectivity index (χ0) is 21.8. The highest BCUT2D eigenvalue weighted by atomic mass is 16.5. The Morgan fingerprint density at radius 1 is 1.03 bits per heavy atom. The minimum Gasteiger partial charge on any atom is -0.481 e. The lowest BCUT2D eigenvalue weighted by molar-refractivity contribution is -0.127. The normalized spacial score (nSPS) is 18.7. The van der Waals surface area contributed by atoms with Gasteiger partial charge < -0.3 is 15.0 Å². The number of carbonyl (C=O) groups is 1. The van der Waals surface area contributed by atoms with E-state index in [0.29, 0.717) is 0 Å². The van der Waals surface area contributed by atoms with E-state index in [9.17, 15) is 4.79 Å². The van der Waals surface area contributed by atoms with Crippen molar-refractivity contribution in [1.82, 2.24) is 5.32 Å². The van der Waals surface area contributed by atoms with Gasteiger partial charge in [0.2, 0.25) is 0 Å². The summed E-state index contributed by atoms with van der Waals surface area (Å²) < 4.78 is 6.10. The second-order valence-corrected chi connectivity index (χ2v) is 9.35. The topological polar surface area (TPSA) is 41.6 Å². The quantitative estimate of drug-likeness (QED) is 0.676. The first-order chi connectivity index (χ1) is 15.0. The summed E-state index contributed by atoms with van der Waals surface area (Å²) >= 11 is 0. The van der Waals surface area contributed by atoms with E-state index in [-0.39, 0.29) is 11.9 Å². The molecule has 1 amide bonds. The summed E-state index contributed by atoms with van der Waals surface area (Å²) in [5.41, 5.74) is 5.05. The molecular formula is C27H36N2O2. The highest BCUT2D eigenvalue weighted by Crippen LogP contribution is 2.30. The molecule has 1 aliphatic carbocycles. The number of aryl methyl sites for hydroxylation is 1. The molecule has 0 saturated carbocycles. The van der Waals surface area contributed by atoms with Gasteiger partial charge in [0.1, 0.15) is 5.75 Å². The van der Waals surface area contributed by atoms with Crippen molar-refractivity contribution < 1.29 is 9.53 Å². The maximum Gasteiger partial charge on any atom is 0.261 e. The summed E-state index contributed by atoms with van der Waals surface area (Å²) in [6.07, 6.45) is 6.57. The minimum atomic E-state index is -0.523. The lowest BCUT2D eigenvalue weighted by Crippen LogP contribution is -2.38. The fourth-order valence-corrected chi connectivity index (χ4v) is 4.76. The largest absolute Gasteiger partial charge is 0.481 e. The third-order valence-corrected chi connectivity index (χ3v) is 6.93. The van der Waals surface area contributed by atoms with Crippen molar-refractivity contribution in [2.75, 3.05) is 18.0 Å². The van der Waals surface area contributed by atoms with Gasteiger partial charge in [0, 0.05) is 18.8 Å². The van der Waals surface area contributed by atoms with E-state index in [1.807, 2.05) is 26.0 Å². The molecule has 166 valence electrons. The molecule has 1 N–H and O–H groups in total. The maximum absolute atomic E-state index is 12.8. The molecule has 0 bridgehead atoms. The number of anilines is 1. The Morgan fingerprint density at radius 3 is 2.48 bits per heavy atom. The van der Waals surface area contributed by atoms with E-state index in [2.05, 4.69) is 47.5 Å². The zero-order valence-corrected chi connectivity index (χ0v) is 19.2. The Balaban J connectivity index is 1.34. The summed E-state index contributed by atoms with van der Waals surface area (Å²) in [5, 5.41) is 3.12. The number of nitrogens with one attached hydrogen (secondary N) is 1. The van der Waals surface area contributed by atoms with Gasteiger partial charge in [0.25, 0.3) is 5.91 Å². The van der Waals surface area contributed by atoms with Crippen LogP contribution in [0.5, 0.6) is 5.75 Å². The molecule has 0 aromatic heterocycles. The van der Waals surface area contributed by atoms with Crippen LogP contribution in [-0.2, 0) is 17.6 Å². The zero-order valence-electron chi connectivity index (χ0n) is 19.2. The van der Waals surface area contributed by atoms with Crippen LogP contribution in [0.15, 0.2) is 42.5 Å². The van der Waals surface area contributed by atoms with Gasteiger partial charge in [0.05, 0.1) is 6.04 Å². The second-order valence-electron chi connectivity index (χ2n) is 9.35. The molecule has 4 nitrogen and oxygen atoms in total. The van der Waals surface area contributed by atoms with Gasteiger partial charge in [-0.05, 0) is 93.2 Å². The van der Waals surface area contributed by atoms with Crippen LogP contribution in [0.3, 0.4) is 0 Å². The lowest BCUT2D eigenvalue weighted by Gasteiger charge is -2.32. The summed E-state index contributed by atoms with van der Waals surface area (Å²) in [6.45, 7) is 8.47. The Bertz CT molecular complexity index is 885. The first-order valence-electron chi connectivity index (χ1n) is 11.9. The molecule has 2 aliphatic rings. The van der Waals surface area contributed by atoms with Crippen LogP contribution in [0.2, 0.25) is 0 Å². The molecule has 2 atom stereocenters. The van der Waals surface area contributed by atoms with E-state index < -0.39 is 6.10 Å². The van der Waals surface area contributed by atoms with Crippen molar-refractivity contribution >= 4 is 11.6 Å². The maximum atomic E-state index is 12.8. The second kappa shape index (κ2) is 9.76. The van der Waals surface area contributed by atoms with Gasteiger partial charge in [0.15, 0.2) is 6.10 Å². The third-order valence-electron chi connectivity index (χ3n) is 6.93. The van der Waals surface area contributed by atoms with E-state index in [0.717, 1.165) is 43.2 Å². The number of carbonyl (C=O) groups excluding carboxylic acids is 1. The highest BCUT2D eigenvalue weighted by Gasteiger charge is 2.21. The van der Waals surface area contributed by atoms with Crippen molar-refractivity contribution in [3.05, 3.63) is 59.2 Å². The predicted molar refractivity (Wildman–Crippen MR) is 127 cm³/mol. The van der Waals surface area contributed by atoms with Crippen LogP contribution < -0.4 is 15.0 Å². The summed E-state index contributed by atoms with van der Waals surface area (Å²) in [4.78, 5) is 15.3. The van der Waals surface area contributed by atoms with Crippen LogP contribution >= 0.6 is 0 Å². The van der Waals surface area contributed by atoms with Crippen LogP contribution in [0.1, 0.15) is 69.2 Å². The molecule has 4 heteroatoms. The van der Waals surface area contributed by atoms with Crippen molar-refractivity contribution in [2.24, 2.45) is 5.92 Å². The van der Waals surface area contributed by atoms with Crippen LogP contribution in [0.25, 0.3) is 0 Å². The van der Waals surface area contributed by atoms with Crippen molar-refractivity contribution in [3.63, 3.8) is 0 Å². The van der Waals surface area contributed by atoms with Gasteiger partial charge in [-0.1, -0.05) is 31.2 Å². The van der Waals surface area contributed by atoms with Gasteiger partial charge in [-0.25, -0.2) is 0 Å². The van der Waals surface area contributed by atoms with E-state index in [1.165, 1.54) is 42.5 Å². The van der Waals surface area contributed by atoms with E-state index in [1.54, 1.807) is 0 Å². The molecule has 0 spiro atoms. The number of hydrogen-bond donors (Lipinski definition) is 1. The van der Waals surface area contributed by atoms with Gasteiger partial charge in [-0.15, -0.1) is 0 Å². The molecular weight excluding hydrogens is 384 g/mol. The fraction of sp³-hybridized carbons (Fsp3) is 0.519. The Labute approximate surface area is 187 Å². The summed E-state index contributed by atoms with van der Waals surface area (Å²) in [5.74, 6) is 1.62. The smallest absolute Gasteiger partial charge is 0.261 e. The van der Waals surface area contributed by atoms with Crippen molar-refractivity contribution in [3.8, 4) is 5.75 Å². The van der Waals surface area contributed by atoms with E-state index >= 15 is 0 Å². The summed E-state index contributed by atoms with van der Waals surface area (Å²) in [6, 6.07) is 14.8. The number of rotatable bonds is 6. The third kappa shape index (κ3) is 5.23. The van der Waals surface area contributed by atoms with Crippen LogP contribution in [0, 0.1) is 5.92 Å². The number of amides is 1. The molecule has 1 saturated heterocycles. The molecule has 1 heterocycles. The number of hydrogen-bond acceptors (Lipinski definition) is 3. The van der Waals surface area contributed by atoms with Gasteiger partial charge in [-0.3, -0.25) is 4.79 Å². The van der Waals surface area contributed by atoms with Crippen molar-refractivity contribution in [2.45, 2.75) is 71.4 Å². The highest BCUT2D eigenvalue weighted by molar-refractivity contribution is 5.81. The average molecular weight is 421 g/mol. The molecule has 2 unspecified atom stereocenters. The molecule has 4 rings (SSSR count). The standard InChI is InChI=1S/C27H36N2O2/c1-19-15-17-29(18-16-19)24-13-11-22(12-14-24)20(2)28-27(30)21(3)31-26-10-6-8-23-7-4-5-9-25(23)26/h6,8,10-14,19-21H,4-5,7,9,15-18H2,1-3H3,(H,28,30). The summed E-state index contributed by atoms with van der Waals surface area (Å²) in [7, 11) is 0. The number of piperidine rings is 1. The minimum absolute atomic E-state index is 0.0568. The number of fused-ring (bicyclic) bond motifs is 1. The number of nitrogens with zero attached hydrogens (tertiary/aromatic N) is 1. The average Bonchev–Trinajstić information content (AvgIpc) is 2.80. The number of benzene rings is 2. The molecule has 1 aliphatic heterocycles. The van der Waals surface area contributed by atoms with E-state index in [4.69, 9.17) is 4.74 Å². The molecule has 31 heavy (non-hydrogen) atoms. The fourth-order valence-electron chi connectivity index (χ4n) is 4.76. The Hall–Kier alpha value is -2.49. The van der Waals surface area contributed by atoms with Gasteiger partial charge >= 0.3 is 0 Å². The monoisotopic (exact) mass is 420 g/mol. The first-order valence-corrected chi connectivity index (χ1v) is 11.9. The number of ether oxygens (including phenoxy) is 1. The van der Waals surface area contributed by atoms with Crippen LogP contribution in [0.4, 0.5) is 5.69 Å². The SMILES string of the molecule is CC1CCN(c2ccc(C(C)NC(=O)C(C)Oc3cccc4c3CCCC4)cc2)CC1. The van der Waals surface area contributed by atoms with Crippen molar-refractivity contribution in [1.29, 1.82) is 0 Å². The molecule has 0 radical (unpaired) electrons. The molecule has 1 fully saturated rings. The predicted octanol–water partition coefficient (Wildman–Crippen LogP) is 5.45. The van der Waals surface area contributed by atoms with Gasteiger partial charge in [-0.2, -0.15) is 0 Å². The first kappa shape index (κ1) is 21.7. The Morgan fingerprint density at radius 2 is 1.74 bits per heavy atom. The van der Waals surface area contributed by atoms with Crippen LogP contribution in [-0.4, -0.2) is 25.1 Å². The molecule has 2 aromatic carbocycles.